The van der Waals surface area contributed by atoms with Crippen LogP contribution in [0.25, 0.3) is 11.0 Å². The molecular weight excluding hydrogens is 324 g/mol. The molecule has 3 rings (SSSR count). The lowest BCUT2D eigenvalue weighted by Crippen LogP contribution is -2.28. The summed E-state index contributed by atoms with van der Waals surface area (Å²) in [7, 11) is 0. The Kier molecular flexibility index (Phi) is 4.56. The first kappa shape index (κ1) is 16.8. The van der Waals surface area contributed by atoms with E-state index in [0.29, 0.717) is 28.8 Å². The fourth-order valence-electron chi connectivity index (χ4n) is 2.51. The van der Waals surface area contributed by atoms with Gasteiger partial charge in [0.25, 0.3) is 5.91 Å². The van der Waals surface area contributed by atoms with Crippen molar-refractivity contribution in [3.8, 4) is 5.75 Å². The van der Waals surface area contributed by atoms with E-state index in [9.17, 15) is 9.59 Å². The molecular formula is C18H18N2O5. The first-order valence-electron chi connectivity index (χ1n) is 7.78. The summed E-state index contributed by atoms with van der Waals surface area (Å²) in [4.78, 5) is 23.8. The van der Waals surface area contributed by atoms with E-state index in [4.69, 9.17) is 13.7 Å². The normalized spacial score (nSPS) is 10.8. The van der Waals surface area contributed by atoms with E-state index in [1.54, 1.807) is 13.0 Å². The third-order valence-corrected chi connectivity index (χ3v) is 3.99. The number of rotatable bonds is 5. The van der Waals surface area contributed by atoms with Crippen molar-refractivity contribution in [3.05, 3.63) is 57.3 Å². The fraction of sp³-hybridized carbons (Fsp3) is 0.278. The van der Waals surface area contributed by atoms with E-state index in [1.165, 1.54) is 12.5 Å². The van der Waals surface area contributed by atoms with E-state index in [1.807, 2.05) is 19.9 Å². The minimum Gasteiger partial charge on any atom is -0.483 e. The molecule has 7 heteroatoms. The van der Waals surface area contributed by atoms with Crippen molar-refractivity contribution in [2.24, 2.45) is 0 Å². The van der Waals surface area contributed by atoms with Crippen LogP contribution >= 0.6 is 0 Å². The molecule has 0 aliphatic carbocycles. The molecule has 3 aromatic rings. The van der Waals surface area contributed by atoms with Crippen molar-refractivity contribution in [1.29, 1.82) is 0 Å². The Balaban J connectivity index is 1.80. The highest BCUT2D eigenvalue weighted by Crippen LogP contribution is 2.30. The summed E-state index contributed by atoms with van der Waals surface area (Å²) in [5, 5.41) is 6.99. The Hall–Kier alpha value is -3.09. The zero-order chi connectivity index (χ0) is 18.0. The second kappa shape index (κ2) is 6.80. The van der Waals surface area contributed by atoms with Crippen molar-refractivity contribution >= 4 is 16.9 Å². The third-order valence-electron chi connectivity index (χ3n) is 3.99. The number of fused-ring (bicyclic) bond motifs is 1. The van der Waals surface area contributed by atoms with E-state index in [-0.39, 0.29) is 18.1 Å². The summed E-state index contributed by atoms with van der Waals surface area (Å²) >= 11 is 0. The SMILES string of the molecule is Cc1cc(OCC(=O)NCc2cnoc2)c2c(C)c(C)c(=O)oc2c1. The summed E-state index contributed by atoms with van der Waals surface area (Å²) in [5.74, 6) is 0.238. The first-order chi connectivity index (χ1) is 12.0. The lowest BCUT2D eigenvalue weighted by atomic mass is 10.0. The lowest BCUT2D eigenvalue weighted by Gasteiger charge is -2.12. The Morgan fingerprint density at radius 1 is 1.24 bits per heavy atom. The quantitative estimate of drug-likeness (QED) is 0.716. The van der Waals surface area contributed by atoms with E-state index in [2.05, 4.69) is 10.5 Å². The maximum Gasteiger partial charge on any atom is 0.339 e. The highest BCUT2D eigenvalue weighted by molar-refractivity contribution is 5.88. The molecule has 0 fully saturated rings. The third kappa shape index (κ3) is 3.55. The number of nitrogens with zero attached hydrogens (tertiary/aromatic N) is 1. The van der Waals surface area contributed by atoms with Crippen molar-refractivity contribution in [3.63, 3.8) is 0 Å². The van der Waals surface area contributed by atoms with Crippen LogP contribution in [0.3, 0.4) is 0 Å². The summed E-state index contributed by atoms with van der Waals surface area (Å²) < 4.78 is 15.7. The molecule has 2 aromatic heterocycles. The Morgan fingerprint density at radius 2 is 2.04 bits per heavy atom. The van der Waals surface area contributed by atoms with Gasteiger partial charge in [0.15, 0.2) is 6.61 Å². The topological polar surface area (TPSA) is 94.6 Å². The maximum atomic E-state index is 12.0. The molecule has 0 spiro atoms. The Morgan fingerprint density at radius 3 is 2.76 bits per heavy atom. The monoisotopic (exact) mass is 342 g/mol. The van der Waals surface area contributed by atoms with Gasteiger partial charge in [-0.15, -0.1) is 0 Å². The zero-order valence-electron chi connectivity index (χ0n) is 14.2. The lowest BCUT2D eigenvalue weighted by molar-refractivity contribution is -0.123. The highest BCUT2D eigenvalue weighted by atomic mass is 16.5. The molecule has 1 amide bonds. The molecule has 0 atom stereocenters. The summed E-state index contributed by atoms with van der Waals surface area (Å²) in [6, 6.07) is 3.60. The van der Waals surface area contributed by atoms with Gasteiger partial charge < -0.3 is 19.0 Å². The van der Waals surface area contributed by atoms with Gasteiger partial charge in [-0.3, -0.25) is 4.79 Å². The van der Waals surface area contributed by atoms with Gasteiger partial charge >= 0.3 is 5.63 Å². The van der Waals surface area contributed by atoms with Crippen LogP contribution < -0.4 is 15.7 Å². The molecule has 0 saturated carbocycles. The fourth-order valence-corrected chi connectivity index (χ4v) is 2.51. The first-order valence-corrected chi connectivity index (χ1v) is 7.78. The minimum absolute atomic E-state index is 0.151. The predicted molar refractivity (Wildman–Crippen MR) is 90.5 cm³/mol. The summed E-state index contributed by atoms with van der Waals surface area (Å²) in [6.45, 7) is 5.57. The van der Waals surface area contributed by atoms with Gasteiger partial charge in [-0.1, -0.05) is 5.16 Å². The predicted octanol–water partition coefficient (Wildman–Crippen LogP) is 2.40. The molecule has 2 heterocycles. The molecule has 1 aromatic carbocycles. The van der Waals surface area contributed by atoms with Crippen LogP contribution in [0, 0.1) is 20.8 Å². The van der Waals surface area contributed by atoms with Crippen LogP contribution in [0.4, 0.5) is 0 Å². The van der Waals surface area contributed by atoms with Gasteiger partial charge in [0.2, 0.25) is 0 Å². The summed E-state index contributed by atoms with van der Waals surface area (Å²) in [6.07, 6.45) is 2.99. The highest BCUT2D eigenvalue weighted by Gasteiger charge is 2.14. The number of amides is 1. The number of ether oxygens (including phenoxy) is 1. The van der Waals surface area contributed by atoms with Crippen molar-refractivity contribution in [2.75, 3.05) is 6.61 Å². The van der Waals surface area contributed by atoms with Gasteiger partial charge in [-0.2, -0.15) is 0 Å². The number of aromatic nitrogens is 1. The van der Waals surface area contributed by atoms with Gasteiger partial charge in [-0.25, -0.2) is 4.79 Å². The number of hydrogen-bond acceptors (Lipinski definition) is 6. The number of aryl methyl sites for hydroxylation is 2. The molecule has 1 N–H and O–H groups in total. The zero-order valence-corrected chi connectivity index (χ0v) is 14.2. The number of carbonyl (C=O) groups excluding carboxylic acids is 1. The van der Waals surface area contributed by atoms with Crippen molar-refractivity contribution in [1.82, 2.24) is 10.5 Å². The molecule has 0 unspecified atom stereocenters. The molecule has 0 bridgehead atoms. The average Bonchev–Trinajstić information content (AvgIpc) is 3.09. The Labute approximate surface area is 143 Å². The van der Waals surface area contributed by atoms with E-state index in [0.717, 1.165) is 16.7 Å². The van der Waals surface area contributed by atoms with Crippen molar-refractivity contribution in [2.45, 2.75) is 27.3 Å². The van der Waals surface area contributed by atoms with Crippen LogP contribution in [0.15, 0.2) is 38.3 Å². The number of hydrogen-bond donors (Lipinski definition) is 1. The second-order valence-corrected chi connectivity index (χ2v) is 5.87. The summed E-state index contributed by atoms with van der Waals surface area (Å²) in [5.41, 5.74) is 3.03. The molecule has 0 aliphatic heterocycles. The van der Waals surface area contributed by atoms with E-state index >= 15 is 0 Å². The molecule has 25 heavy (non-hydrogen) atoms. The van der Waals surface area contributed by atoms with Crippen LogP contribution in [0.1, 0.15) is 22.3 Å². The molecule has 130 valence electrons. The molecule has 7 nitrogen and oxygen atoms in total. The van der Waals surface area contributed by atoms with E-state index < -0.39 is 0 Å². The number of benzene rings is 1. The number of nitrogens with one attached hydrogen (secondary N) is 1. The smallest absolute Gasteiger partial charge is 0.339 e. The maximum absolute atomic E-state index is 12.0. The minimum atomic E-state index is -0.368. The van der Waals surface area contributed by atoms with Crippen LogP contribution in [-0.2, 0) is 11.3 Å². The number of carbonyl (C=O) groups is 1. The molecule has 0 radical (unpaired) electrons. The van der Waals surface area contributed by atoms with Crippen LogP contribution in [0.2, 0.25) is 0 Å². The molecule has 0 saturated heterocycles. The second-order valence-electron chi connectivity index (χ2n) is 5.87. The average molecular weight is 342 g/mol. The molecule has 0 aliphatic rings. The van der Waals surface area contributed by atoms with Gasteiger partial charge in [0.1, 0.15) is 17.6 Å². The van der Waals surface area contributed by atoms with Gasteiger partial charge in [0.05, 0.1) is 11.6 Å². The standard InChI is InChI=1S/C18H18N2O5/c1-10-4-14(17-11(2)12(3)18(22)25-15(17)5-10)23-9-16(21)19-6-13-7-20-24-8-13/h4-5,7-8H,6,9H2,1-3H3,(H,19,21). The van der Waals surface area contributed by atoms with Crippen LogP contribution in [0.5, 0.6) is 5.75 Å². The largest absolute Gasteiger partial charge is 0.483 e. The van der Waals surface area contributed by atoms with Crippen LogP contribution in [-0.4, -0.2) is 17.7 Å². The Bertz CT molecular complexity index is 973. The van der Waals surface area contributed by atoms with Crippen molar-refractivity contribution < 1.29 is 18.5 Å². The van der Waals surface area contributed by atoms with Gasteiger partial charge in [-0.05, 0) is 44.0 Å². The van der Waals surface area contributed by atoms with Gasteiger partial charge in [0, 0.05) is 17.7 Å².